The molecule has 0 saturated carbocycles. The van der Waals surface area contributed by atoms with Crippen molar-refractivity contribution in [3.8, 4) is 11.3 Å². The Bertz CT molecular complexity index is 624. The fraction of sp³-hybridized carbons (Fsp3) is 0.231. The normalized spacial score (nSPS) is 10.5. The Morgan fingerprint density at radius 2 is 2.26 bits per heavy atom. The Kier molecular flexibility index (Phi) is 3.80. The summed E-state index contributed by atoms with van der Waals surface area (Å²) in [5.74, 6) is -0.382. The van der Waals surface area contributed by atoms with Gasteiger partial charge in [0.15, 0.2) is 5.13 Å². The second kappa shape index (κ2) is 5.36. The molecular weight excluding hydrogens is 265 g/mol. The van der Waals surface area contributed by atoms with Crippen molar-refractivity contribution in [2.24, 2.45) is 0 Å². The summed E-state index contributed by atoms with van der Waals surface area (Å²) in [5, 5.41) is 3.62. The number of aryl methyl sites for hydroxylation is 1. The molecule has 0 spiro atoms. The van der Waals surface area contributed by atoms with Crippen molar-refractivity contribution >= 4 is 27.4 Å². The second-order valence-corrected chi connectivity index (χ2v) is 5.13. The van der Waals surface area contributed by atoms with Crippen molar-refractivity contribution in [2.45, 2.75) is 20.3 Å². The van der Waals surface area contributed by atoms with Crippen LogP contribution in [0.3, 0.4) is 0 Å². The first-order valence-corrected chi connectivity index (χ1v) is 6.65. The molecule has 0 aliphatic carbocycles. The third-order valence-electron chi connectivity index (χ3n) is 2.65. The first-order chi connectivity index (χ1) is 9.01. The summed E-state index contributed by atoms with van der Waals surface area (Å²) in [7, 11) is 0. The predicted octanol–water partition coefficient (Wildman–Crippen LogP) is 3.19. The van der Waals surface area contributed by atoms with Gasteiger partial charge in [-0.25, -0.2) is 9.37 Å². The summed E-state index contributed by atoms with van der Waals surface area (Å²) >= 11 is 1.20. The number of hydrogen-bond donors (Lipinski definition) is 2. The lowest BCUT2D eigenvalue weighted by Gasteiger charge is -2.01. The van der Waals surface area contributed by atoms with Crippen LogP contribution in [0.5, 0.6) is 0 Å². The van der Waals surface area contributed by atoms with Gasteiger partial charge < -0.3 is 11.1 Å². The van der Waals surface area contributed by atoms with Crippen molar-refractivity contribution in [1.82, 2.24) is 4.98 Å². The Morgan fingerprint density at radius 1 is 1.53 bits per heavy atom. The highest BCUT2D eigenvalue weighted by Crippen LogP contribution is 2.34. The first kappa shape index (κ1) is 13.5. The van der Waals surface area contributed by atoms with Gasteiger partial charge in [-0.1, -0.05) is 18.3 Å². The van der Waals surface area contributed by atoms with Gasteiger partial charge in [0.2, 0.25) is 5.91 Å². The summed E-state index contributed by atoms with van der Waals surface area (Å²) in [4.78, 5) is 15.6. The van der Waals surface area contributed by atoms with Crippen LogP contribution in [0, 0.1) is 12.7 Å². The molecule has 2 rings (SSSR count). The van der Waals surface area contributed by atoms with Crippen molar-refractivity contribution < 1.29 is 9.18 Å². The number of nitrogens with zero attached hydrogens (tertiary/aromatic N) is 1. The number of carbonyl (C=O) groups excluding carboxylic acids is 1. The summed E-state index contributed by atoms with van der Waals surface area (Å²) in [6.07, 6.45) is 0.379. The molecule has 3 N–H and O–H groups in total. The minimum atomic E-state index is -0.267. The summed E-state index contributed by atoms with van der Waals surface area (Å²) in [6.45, 7) is 3.44. The Labute approximate surface area is 114 Å². The molecular formula is C13H14FN3OS. The van der Waals surface area contributed by atoms with Crippen LogP contribution in [0.25, 0.3) is 11.3 Å². The third-order valence-corrected chi connectivity index (χ3v) is 3.45. The molecule has 1 heterocycles. The van der Waals surface area contributed by atoms with Crippen LogP contribution in [0.4, 0.5) is 14.5 Å². The molecule has 1 amide bonds. The average molecular weight is 279 g/mol. The Balaban J connectivity index is 2.34. The fourth-order valence-electron chi connectivity index (χ4n) is 1.59. The van der Waals surface area contributed by atoms with Crippen LogP contribution in [-0.4, -0.2) is 10.9 Å². The molecule has 19 heavy (non-hydrogen) atoms. The number of aromatic nitrogens is 1. The van der Waals surface area contributed by atoms with Crippen molar-refractivity contribution in [3.05, 3.63) is 29.6 Å². The number of anilines is 2. The van der Waals surface area contributed by atoms with Crippen LogP contribution in [0.2, 0.25) is 0 Å². The predicted molar refractivity (Wildman–Crippen MR) is 75.6 cm³/mol. The standard InChI is InChI=1S/C13H14FN3OS/c1-3-10(18)16-13-17-11(12(15)19-13)8-4-5-9(14)7(2)6-8/h4-6H,3,15H2,1-2H3,(H,16,17,18). The van der Waals surface area contributed by atoms with Crippen LogP contribution >= 0.6 is 11.3 Å². The van der Waals surface area contributed by atoms with Crippen molar-refractivity contribution in [3.63, 3.8) is 0 Å². The SMILES string of the molecule is CCC(=O)Nc1nc(-c2ccc(F)c(C)c2)c(N)s1. The molecule has 1 aromatic heterocycles. The van der Waals surface area contributed by atoms with Crippen LogP contribution in [-0.2, 0) is 4.79 Å². The summed E-state index contributed by atoms with van der Waals surface area (Å²) in [5.41, 5.74) is 7.73. The van der Waals surface area contributed by atoms with Gasteiger partial charge in [-0.05, 0) is 30.7 Å². The number of halogens is 1. The topological polar surface area (TPSA) is 68.0 Å². The van der Waals surface area contributed by atoms with Gasteiger partial charge in [0.1, 0.15) is 16.5 Å². The molecule has 100 valence electrons. The smallest absolute Gasteiger partial charge is 0.225 e. The van der Waals surface area contributed by atoms with E-state index in [9.17, 15) is 9.18 Å². The molecule has 6 heteroatoms. The van der Waals surface area contributed by atoms with Crippen molar-refractivity contribution in [1.29, 1.82) is 0 Å². The molecule has 2 aromatic rings. The lowest BCUT2D eigenvalue weighted by Crippen LogP contribution is -2.08. The number of benzene rings is 1. The number of rotatable bonds is 3. The van der Waals surface area contributed by atoms with Crippen molar-refractivity contribution in [2.75, 3.05) is 11.1 Å². The van der Waals surface area contributed by atoms with Gasteiger partial charge in [0.25, 0.3) is 0 Å². The lowest BCUT2D eigenvalue weighted by atomic mass is 10.1. The number of hydrogen-bond acceptors (Lipinski definition) is 4. The zero-order valence-electron chi connectivity index (χ0n) is 10.7. The summed E-state index contributed by atoms with van der Waals surface area (Å²) in [6, 6.07) is 4.69. The van der Waals surface area contributed by atoms with Crippen LogP contribution < -0.4 is 11.1 Å². The van der Waals surface area contributed by atoms with Crippen LogP contribution in [0.1, 0.15) is 18.9 Å². The molecule has 0 aliphatic heterocycles. The number of nitrogen functional groups attached to an aromatic ring is 1. The fourth-order valence-corrected chi connectivity index (χ4v) is 2.36. The molecule has 0 unspecified atom stereocenters. The van der Waals surface area contributed by atoms with Gasteiger partial charge in [0, 0.05) is 12.0 Å². The quantitative estimate of drug-likeness (QED) is 0.906. The van der Waals surface area contributed by atoms with E-state index in [0.29, 0.717) is 27.8 Å². The molecule has 0 saturated heterocycles. The first-order valence-electron chi connectivity index (χ1n) is 5.84. The minimum absolute atomic E-state index is 0.115. The number of nitrogens with one attached hydrogen (secondary N) is 1. The Hall–Kier alpha value is -1.95. The van der Waals surface area contributed by atoms with E-state index in [1.165, 1.54) is 17.4 Å². The number of nitrogens with two attached hydrogens (primary N) is 1. The molecule has 0 bridgehead atoms. The second-order valence-electron chi connectivity index (χ2n) is 4.10. The number of carbonyl (C=O) groups is 1. The molecule has 0 aliphatic rings. The monoisotopic (exact) mass is 279 g/mol. The maximum absolute atomic E-state index is 13.2. The summed E-state index contributed by atoms with van der Waals surface area (Å²) < 4.78 is 13.2. The van der Waals surface area contributed by atoms with E-state index in [1.807, 2.05) is 0 Å². The van der Waals surface area contributed by atoms with E-state index in [1.54, 1.807) is 26.0 Å². The highest BCUT2D eigenvalue weighted by atomic mass is 32.1. The van der Waals surface area contributed by atoms with E-state index < -0.39 is 0 Å². The molecule has 0 radical (unpaired) electrons. The molecule has 0 atom stereocenters. The van der Waals surface area contributed by atoms with E-state index >= 15 is 0 Å². The molecule has 1 aromatic carbocycles. The number of amides is 1. The average Bonchev–Trinajstić information content (AvgIpc) is 2.73. The molecule has 4 nitrogen and oxygen atoms in total. The highest BCUT2D eigenvalue weighted by molar-refractivity contribution is 7.20. The highest BCUT2D eigenvalue weighted by Gasteiger charge is 2.13. The van der Waals surface area contributed by atoms with Gasteiger partial charge in [-0.15, -0.1) is 0 Å². The van der Waals surface area contributed by atoms with Gasteiger partial charge in [0.05, 0.1) is 0 Å². The van der Waals surface area contributed by atoms with Gasteiger partial charge in [-0.2, -0.15) is 0 Å². The molecule has 0 fully saturated rings. The maximum Gasteiger partial charge on any atom is 0.225 e. The zero-order chi connectivity index (χ0) is 14.0. The number of thiazole rings is 1. The van der Waals surface area contributed by atoms with Gasteiger partial charge >= 0.3 is 0 Å². The van der Waals surface area contributed by atoms with E-state index in [0.717, 1.165) is 5.56 Å². The van der Waals surface area contributed by atoms with E-state index in [4.69, 9.17) is 5.73 Å². The lowest BCUT2D eigenvalue weighted by molar-refractivity contribution is -0.115. The van der Waals surface area contributed by atoms with E-state index in [-0.39, 0.29) is 11.7 Å². The minimum Gasteiger partial charge on any atom is -0.389 e. The van der Waals surface area contributed by atoms with Crippen LogP contribution in [0.15, 0.2) is 18.2 Å². The third kappa shape index (κ3) is 2.90. The van der Waals surface area contributed by atoms with Gasteiger partial charge in [-0.3, -0.25) is 4.79 Å². The zero-order valence-corrected chi connectivity index (χ0v) is 11.5. The Morgan fingerprint density at radius 3 is 2.89 bits per heavy atom. The van der Waals surface area contributed by atoms with E-state index in [2.05, 4.69) is 10.3 Å². The largest absolute Gasteiger partial charge is 0.389 e. The maximum atomic E-state index is 13.2.